The van der Waals surface area contributed by atoms with Gasteiger partial charge in [0, 0.05) is 12.6 Å². The van der Waals surface area contributed by atoms with Gasteiger partial charge in [-0.25, -0.2) is 14.7 Å². The Hall–Kier alpha value is -2.32. The number of nitrogens with zero attached hydrogens (tertiary/aromatic N) is 4. The Balaban J connectivity index is 1.57. The van der Waals surface area contributed by atoms with Crippen molar-refractivity contribution in [2.24, 2.45) is 0 Å². The lowest BCUT2D eigenvalue weighted by molar-refractivity contribution is -0.144. The first-order valence-corrected chi connectivity index (χ1v) is 9.57. The zero-order chi connectivity index (χ0) is 18.4. The van der Waals surface area contributed by atoms with E-state index in [1.54, 1.807) is 25.2 Å². The highest BCUT2D eigenvalue weighted by molar-refractivity contribution is 7.18. The third-order valence-corrected chi connectivity index (χ3v) is 6.02. The van der Waals surface area contributed by atoms with Gasteiger partial charge in [-0.2, -0.15) is 0 Å². The summed E-state index contributed by atoms with van der Waals surface area (Å²) >= 11 is 1.65. The molecule has 0 saturated carbocycles. The molecule has 1 aromatic heterocycles. The van der Waals surface area contributed by atoms with E-state index >= 15 is 0 Å². The van der Waals surface area contributed by atoms with Crippen molar-refractivity contribution < 1.29 is 14.4 Å². The van der Waals surface area contributed by atoms with Gasteiger partial charge in [-0.3, -0.25) is 19.4 Å². The molecule has 0 unspecified atom stereocenters. The molecule has 7 nitrogen and oxygen atoms in total. The van der Waals surface area contributed by atoms with Gasteiger partial charge >= 0.3 is 17.8 Å². The fourth-order valence-electron chi connectivity index (χ4n) is 3.59. The maximum Gasteiger partial charge on any atom is 0.335 e. The second-order valence-corrected chi connectivity index (χ2v) is 7.98. The van der Waals surface area contributed by atoms with Gasteiger partial charge in [-0.15, -0.1) is 11.3 Å². The molecule has 2 saturated heterocycles. The van der Waals surface area contributed by atoms with Crippen molar-refractivity contribution >= 4 is 39.4 Å². The molecule has 0 aliphatic carbocycles. The number of carbonyl (C=O) groups is 3. The van der Waals surface area contributed by atoms with E-state index in [-0.39, 0.29) is 18.8 Å². The van der Waals surface area contributed by atoms with Crippen molar-refractivity contribution in [3.05, 3.63) is 29.3 Å². The van der Waals surface area contributed by atoms with Crippen LogP contribution in [0.1, 0.15) is 37.7 Å². The molecule has 2 fully saturated rings. The smallest absolute Gasteiger partial charge is 0.276 e. The average Bonchev–Trinajstić information content (AvgIpc) is 3.28. The highest BCUT2D eigenvalue weighted by Gasteiger charge is 2.47. The van der Waals surface area contributed by atoms with Gasteiger partial charge in [0.15, 0.2) is 0 Å². The monoisotopic (exact) mass is 372 g/mol. The van der Waals surface area contributed by atoms with E-state index in [0.29, 0.717) is 0 Å². The Labute approximate surface area is 155 Å². The third kappa shape index (κ3) is 2.69. The minimum Gasteiger partial charge on any atom is -0.276 e. The van der Waals surface area contributed by atoms with E-state index in [9.17, 15) is 14.4 Å². The predicted molar refractivity (Wildman–Crippen MR) is 97.4 cm³/mol. The first kappa shape index (κ1) is 17.1. The lowest BCUT2D eigenvalue weighted by atomic mass is 10.2. The molecule has 1 aromatic carbocycles. The van der Waals surface area contributed by atoms with Crippen LogP contribution >= 0.6 is 11.3 Å². The van der Waals surface area contributed by atoms with Crippen LogP contribution in [-0.2, 0) is 9.59 Å². The second kappa shape index (κ2) is 6.44. The Morgan fingerprint density at radius 1 is 1.19 bits per heavy atom. The molecule has 4 rings (SSSR count). The summed E-state index contributed by atoms with van der Waals surface area (Å²) in [6.45, 7) is 4.36. The van der Waals surface area contributed by atoms with Crippen molar-refractivity contribution in [1.29, 1.82) is 0 Å². The predicted octanol–water partition coefficient (Wildman–Crippen LogP) is 2.59. The van der Waals surface area contributed by atoms with Gasteiger partial charge in [-0.1, -0.05) is 12.1 Å². The van der Waals surface area contributed by atoms with Gasteiger partial charge in [-0.05, 0) is 38.8 Å². The van der Waals surface area contributed by atoms with Crippen LogP contribution in [-0.4, -0.2) is 56.8 Å². The topological polar surface area (TPSA) is 73.8 Å². The van der Waals surface area contributed by atoms with E-state index in [1.165, 1.54) is 0 Å². The Bertz CT molecular complexity index is 860. The van der Waals surface area contributed by atoms with Crippen LogP contribution in [0.25, 0.3) is 10.2 Å². The molecule has 2 aliphatic heterocycles. The molecule has 2 aliphatic rings. The van der Waals surface area contributed by atoms with E-state index in [1.807, 2.05) is 24.3 Å². The zero-order valence-electron chi connectivity index (χ0n) is 14.7. The molecule has 8 heteroatoms. The molecule has 0 spiro atoms. The number of imide groups is 2. The van der Waals surface area contributed by atoms with Crippen LogP contribution < -0.4 is 0 Å². The number of amides is 4. The quantitative estimate of drug-likeness (QED) is 0.609. The number of benzene rings is 1. The number of carbonyl (C=O) groups excluding carboxylic acids is 3. The number of fused-ring (bicyclic) bond motifs is 1. The van der Waals surface area contributed by atoms with E-state index in [2.05, 4.69) is 4.90 Å². The molecule has 0 N–H and O–H groups in total. The number of urea groups is 1. The second-order valence-electron chi connectivity index (χ2n) is 6.92. The van der Waals surface area contributed by atoms with Gasteiger partial charge < -0.3 is 0 Å². The molecule has 0 bridgehead atoms. The fourth-order valence-corrected chi connectivity index (χ4v) is 4.73. The van der Waals surface area contributed by atoms with Crippen molar-refractivity contribution in [3.63, 3.8) is 0 Å². The molecule has 0 radical (unpaired) electrons. The SMILES string of the molecule is CC(C)N1C(=O)C(=O)N(CN2CCC[C@@H]2c2nc3ccccc3s2)C1=O. The minimum absolute atomic E-state index is 0.0659. The largest absolute Gasteiger partial charge is 0.335 e. The van der Waals surface area contributed by atoms with Gasteiger partial charge in [0.1, 0.15) is 5.01 Å². The Morgan fingerprint density at radius 2 is 1.96 bits per heavy atom. The van der Waals surface area contributed by atoms with Crippen molar-refractivity contribution in [1.82, 2.24) is 19.7 Å². The molecule has 3 heterocycles. The highest BCUT2D eigenvalue weighted by atomic mass is 32.1. The van der Waals surface area contributed by atoms with Crippen LogP contribution in [0.2, 0.25) is 0 Å². The average molecular weight is 372 g/mol. The Kier molecular flexibility index (Phi) is 4.24. The number of thiazole rings is 1. The van der Waals surface area contributed by atoms with Crippen LogP contribution in [0, 0.1) is 0 Å². The summed E-state index contributed by atoms with van der Waals surface area (Å²) in [4.78, 5) is 45.8. The summed E-state index contributed by atoms with van der Waals surface area (Å²) in [6, 6.07) is 7.20. The van der Waals surface area contributed by atoms with Crippen LogP contribution in [0.15, 0.2) is 24.3 Å². The van der Waals surface area contributed by atoms with Crippen molar-refractivity contribution in [2.45, 2.75) is 38.8 Å². The zero-order valence-corrected chi connectivity index (χ0v) is 15.5. The summed E-state index contributed by atoms with van der Waals surface area (Å²) in [5.74, 6) is -1.47. The fraction of sp³-hybridized carbons (Fsp3) is 0.444. The lowest BCUT2D eigenvalue weighted by Crippen LogP contribution is -2.43. The lowest BCUT2D eigenvalue weighted by Gasteiger charge is -2.27. The van der Waals surface area contributed by atoms with Gasteiger partial charge in [0.2, 0.25) is 0 Å². The molecular formula is C18H20N4O3S. The highest BCUT2D eigenvalue weighted by Crippen LogP contribution is 2.36. The summed E-state index contributed by atoms with van der Waals surface area (Å²) in [7, 11) is 0. The summed E-state index contributed by atoms with van der Waals surface area (Å²) in [5, 5.41) is 0.995. The minimum atomic E-state index is -0.737. The van der Waals surface area contributed by atoms with Gasteiger partial charge in [0.05, 0.1) is 22.9 Å². The molecule has 1 atom stereocenters. The normalized spacial score (nSPS) is 21.8. The molecule has 136 valence electrons. The maximum atomic E-state index is 12.5. The maximum absolute atomic E-state index is 12.5. The Morgan fingerprint density at radius 3 is 2.65 bits per heavy atom. The van der Waals surface area contributed by atoms with Crippen LogP contribution in [0.5, 0.6) is 0 Å². The summed E-state index contributed by atoms with van der Waals surface area (Å²) in [5.41, 5.74) is 0.967. The van der Waals surface area contributed by atoms with Crippen molar-refractivity contribution in [2.75, 3.05) is 13.2 Å². The number of rotatable bonds is 4. The van der Waals surface area contributed by atoms with E-state index < -0.39 is 17.8 Å². The van der Waals surface area contributed by atoms with Gasteiger partial charge in [0.25, 0.3) is 0 Å². The first-order chi connectivity index (χ1) is 12.5. The third-order valence-electron chi connectivity index (χ3n) is 4.88. The van der Waals surface area contributed by atoms with Crippen LogP contribution in [0.4, 0.5) is 4.79 Å². The first-order valence-electron chi connectivity index (χ1n) is 8.76. The molecule has 26 heavy (non-hydrogen) atoms. The molecule has 4 amide bonds. The number of aromatic nitrogens is 1. The standard InChI is InChI=1S/C18H20N4O3S/c1-11(2)22-17(24)16(23)21(18(22)25)10-20-9-5-7-13(20)15-19-12-6-3-4-8-14(12)26-15/h3-4,6,8,11,13H,5,7,9-10H2,1-2H3/t13-/m1/s1. The summed E-state index contributed by atoms with van der Waals surface area (Å²) < 4.78 is 1.13. The van der Waals surface area contributed by atoms with E-state index in [0.717, 1.165) is 44.4 Å². The number of hydrogen-bond acceptors (Lipinski definition) is 6. The van der Waals surface area contributed by atoms with Crippen LogP contribution in [0.3, 0.4) is 0 Å². The number of likely N-dealkylation sites (tertiary alicyclic amines) is 1. The molecule has 2 aromatic rings. The van der Waals surface area contributed by atoms with E-state index in [4.69, 9.17) is 4.98 Å². The molecular weight excluding hydrogens is 352 g/mol. The number of para-hydroxylation sites is 1. The number of hydrogen-bond donors (Lipinski definition) is 0. The van der Waals surface area contributed by atoms with Crippen molar-refractivity contribution in [3.8, 4) is 0 Å². The summed E-state index contributed by atoms with van der Waals surface area (Å²) in [6.07, 6.45) is 1.90.